The first-order valence-electron chi connectivity index (χ1n) is 5.22. The molecule has 0 aromatic heterocycles. The molecule has 0 fully saturated rings. The molecule has 0 heterocycles. The highest BCUT2D eigenvalue weighted by Gasteiger charge is 2.09. The van der Waals surface area contributed by atoms with Gasteiger partial charge in [-0.25, -0.2) is 9.18 Å². The van der Waals surface area contributed by atoms with Crippen molar-refractivity contribution in [3.05, 3.63) is 71.0 Å². The summed E-state index contributed by atoms with van der Waals surface area (Å²) < 4.78 is 13.0. The zero-order valence-electron chi connectivity index (χ0n) is 9.06. The third kappa shape index (κ3) is 2.69. The summed E-state index contributed by atoms with van der Waals surface area (Å²) in [5, 5.41) is 9.02. The lowest BCUT2D eigenvalue weighted by Gasteiger charge is -2.05. The van der Waals surface area contributed by atoms with Crippen molar-refractivity contribution in [2.75, 3.05) is 0 Å². The first kappa shape index (κ1) is 11.3. The van der Waals surface area contributed by atoms with Gasteiger partial charge in [0, 0.05) is 0 Å². The third-order valence-corrected chi connectivity index (χ3v) is 2.53. The van der Waals surface area contributed by atoms with Crippen LogP contribution in [-0.4, -0.2) is 11.1 Å². The largest absolute Gasteiger partial charge is 0.478 e. The van der Waals surface area contributed by atoms with Crippen molar-refractivity contribution in [2.24, 2.45) is 0 Å². The van der Waals surface area contributed by atoms with Crippen LogP contribution in [0.1, 0.15) is 21.5 Å². The van der Waals surface area contributed by atoms with Gasteiger partial charge in [0.25, 0.3) is 0 Å². The fourth-order valence-corrected chi connectivity index (χ4v) is 1.75. The lowest BCUT2D eigenvalue weighted by molar-refractivity contribution is 0.0696. The summed E-state index contributed by atoms with van der Waals surface area (Å²) in [5.41, 5.74) is 1.71. The molecule has 0 aliphatic rings. The van der Waals surface area contributed by atoms with Crippen LogP contribution in [0.25, 0.3) is 0 Å². The maximum atomic E-state index is 13.0. The predicted molar refractivity (Wildman–Crippen MR) is 62.6 cm³/mol. The number of aromatic carboxylic acids is 1. The smallest absolute Gasteiger partial charge is 0.335 e. The Morgan fingerprint density at radius 1 is 1.12 bits per heavy atom. The lowest BCUT2D eigenvalue weighted by Crippen LogP contribution is -2.02. The van der Waals surface area contributed by atoms with E-state index in [1.54, 1.807) is 36.4 Å². The van der Waals surface area contributed by atoms with Crippen molar-refractivity contribution >= 4 is 5.97 Å². The van der Waals surface area contributed by atoms with Gasteiger partial charge in [0.05, 0.1) is 5.56 Å². The van der Waals surface area contributed by atoms with E-state index in [9.17, 15) is 9.18 Å². The molecule has 2 aromatic rings. The molecular weight excluding hydrogens is 219 g/mol. The van der Waals surface area contributed by atoms with E-state index in [-0.39, 0.29) is 11.4 Å². The zero-order chi connectivity index (χ0) is 12.3. The predicted octanol–water partition coefficient (Wildman–Crippen LogP) is 3.11. The van der Waals surface area contributed by atoms with Gasteiger partial charge < -0.3 is 5.11 Å². The van der Waals surface area contributed by atoms with Gasteiger partial charge in [-0.1, -0.05) is 30.3 Å². The summed E-state index contributed by atoms with van der Waals surface area (Å²) in [4.78, 5) is 11.0. The van der Waals surface area contributed by atoms with E-state index in [1.165, 1.54) is 12.1 Å². The molecule has 2 aromatic carbocycles. The standard InChI is InChI=1S/C14H11FO2/c15-12-6-3-4-10(9-12)8-11-5-1-2-7-13(11)14(16)17/h1-7,9H,8H2,(H,16,17). The second kappa shape index (κ2) is 4.78. The van der Waals surface area contributed by atoms with Crippen molar-refractivity contribution in [1.82, 2.24) is 0 Å². The number of benzene rings is 2. The first-order chi connectivity index (χ1) is 8.16. The van der Waals surface area contributed by atoms with Crippen molar-refractivity contribution in [3.63, 3.8) is 0 Å². The molecule has 0 aliphatic carbocycles. The van der Waals surface area contributed by atoms with Crippen molar-refractivity contribution in [3.8, 4) is 0 Å². The quantitative estimate of drug-likeness (QED) is 0.879. The van der Waals surface area contributed by atoms with E-state index in [1.807, 2.05) is 0 Å². The number of carboxylic acids is 1. The van der Waals surface area contributed by atoms with Crippen LogP contribution in [0.2, 0.25) is 0 Å². The molecule has 0 aliphatic heterocycles. The molecule has 0 atom stereocenters. The second-order valence-corrected chi connectivity index (χ2v) is 3.77. The number of rotatable bonds is 3. The van der Waals surface area contributed by atoms with Crippen LogP contribution in [0, 0.1) is 5.82 Å². The monoisotopic (exact) mass is 230 g/mol. The number of hydrogen-bond acceptors (Lipinski definition) is 1. The van der Waals surface area contributed by atoms with Gasteiger partial charge in [0.15, 0.2) is 0 Å². The summed E-state index contributed by atoms with van der Waals surface area (Å²) in [5.74, 6) is -1.27. The van der Waals surface area contributed by atoms with Gasteiger partial charge in [0.2, 0.25) is 0 Å². The Hall–Kier alpha value is -2.16. The molecule has 1 N–H and O–H groups in total. The van der Waals surface area contributed by atoms with E-state index in [4.69, 9.17) is 5.11 Å². The average molecular weight is 230 g/mol. The summed E-state index contributed by atoms with van der Waals surface area (Å²) >= 11 is 0. The van der Waals surface area contributed by atoms with Gasteiger partial charge >= 0.3 is 5.97 Å². The van der Waals surface area contributed by atoms with Crippen LogP contribution in [0.15, 0.2) is 48.5 Å². The fourth-order valence-electron chi connectivity index (χ4n) is 1.75. The molecule has 0 amide bonds. The van der Waals surface area contributed by atoms with E-state index >= 15 is 0 Å². The molecule has 86 valence electrons. The Bertz CT molecular complexity index is 549. The van der Waals surface area contributed by atoms with E-state index in [2.05, 4.69) is 0 Å². The highest BCUT2D eigenvalue weighted by Crippen LogP contribution is 2.15. The molecule has 17 heavy (non-hydrogen) atoms. The SMILES string of the molecule is O=C(O)c1ccccc1Cc1cccc(F)c1. The molecule has 0 spiro atoms. The molecular formula is C14H11FO2. The van der Waals surface area contributed by atoms with Gasteiger partial charge in [-0.2, -0.15) is 0 Å². The normalized spacial score (nSPS) is 10.2. The zero-order valence-corrected chi connectivity index (χ0v) is 9.06. The van der Waals surface area contributed by atoms with Crippen LogP contribution in [0.4, 0.5) is 4.39 Å². The third-order valence-electron chi connectivity index (χ3n) is 2.53. The topological polar surface area (TPSA) is 37.3 Å². The number of halogens is 1. The summed E-state index contributed by atoms with van der Waals surface area (Å²) in [6.07, 6.45) is 0.417. The Balaban J connectivity index is 2.33. The average Bonchev–Trinajstić information content (AvgIpc) is 2.29. The molecule has 3 heteroatoms. The van der Waals surface area contributed by atoms with Crippen molar-refractivity contribution in [1.29, 1.82) is 0 Å². The van der Waals surface area contributed by atoms with E-state index in [0.29, 0.717) is 12.0 Å². The molecule has 0 bridgehead atoms. The van der Waals surface area contributed by atoms with Gasteiger partial charge in [-0.05, 0) is 35.7 Å². The Labute approximate surface area is 98.3 Å². The first-order valence-corrected chi connectivity index (χ1v) is 5.22. The van der Waals surface area contributed by atoms with Crippen LogP contribution in [-0.2, 0) is 6.42 Å². The van der Waals surface area contributed by atoms with Gasteiger partial charge in [-0.15, -0.1) is 0 Å². The van der Waals surface area contributed by atoms with Crippen LogP contribution >= 0.6 is 0 Å². The molecule has 0 radical (unpaired) electrons. The highest BCUT2D eigenvalue weighted by molar-refractivity contribution is 5.89. The van der Waals surface area contributed by atoms with Crippen LogP contribution < -0.4 is 0 Å². The van der Waals surface area contributed by atoms with Crippen LogP contribution in [0.5, 0.6) is 0 Å². The molecule has 0 saturated carbocycles. The molecule has 2 rings (SSSR count). The molecule has 0 unspecified atom stereocenters. The van der Waals surface area contributed by atoms with Gasteiger partial charge in [0.1, 0.15) is 5.82 Å². The number of carbonyl (C=O) groups is 1. The van der Waals surface area contributed by atoms with Crippen molar-refractivity contribution in [2.45, 2.75) is 6.42 Å². The van der Waals surface area contributed by atoms with E-state index < -0.39 is 5.97 Å². The molecule has 0 saturated heterocycles. The van der Waals surface area contributed by atoms with E-state index in [0.717, 1.165) is 5.56 Å². The minimum Gasteiger partial charge on any atom is -0.478 e. The Morgan fingerprint density at radius 2 is 1.88 bits per heavy atom. The number of hydrogen-bond donors (Lipinski definition) is 1. The summed E-state index contributed by atoms with van der Waals surface area (Å²) in [7, 11) is 0. The fraction of sp³-hybridized carbons (Fsp3) is 0.0714. The summed E-state index contributed by atoms with van der Waals surface area (Å²) in [6.45, 7) is 0. The number of carboxylic acid groups (broad SMARTS) is 1. The Morgan fingerprint density at radius 3 is 2.59 bits per heavy atom. The van der Waals surface area contributed by atoms with Crippen LogP contribution in [0.3, 0.4) is 0 Å². The van der Waals surface area contributed by atoms with Crippen molar-refractivity contribution < 1.29 is 14.3 Å². The minimum absolute atomic E-state index is 0.261. The van der Waals surface area contributed by atoms with Gasteiger partial charge in [-0.3, -0.25) is 0 Å². The lowest BCUT2D eigenvalue weighted by atomic mass is 10.00. The maximum Gasteiger partial charge on any atom is 0.335 e. The minimum atomic E-state index is -0.961. The maximum absolute atomic E-state index is 13.0. The second-order valence-electron chi connectivity index (χ2n) is 3.77. The Kier molecular flexibility index (Phi) is 3.19. The highest BCUT2D eigenvalue weighted by atomic mass is 19.1. The summed E-state index contributed by atoms with van der Waals surface area (Å²) in [6, 6.07) is 12.9. The molecule has 2 nitrogen and oxygen atoms in total.